The highest BCUT2D eigenvalue weighted by molar-refractivity contribution is 7.89. The van der Waals surface area contributed by atoms with E-state index in [2.05, 4.69) is 19.4 Å². The standard InChI is InChI=1S/C16H12F3N3O3S/c17-16(18,19)15-21-14(22-25-15)12-8-6-11(7-9-12)10-20-26(23,24)13-4-2-1-3-5-13/h1-9,20H,10H2. The molecule has 2 aromatic carbocycles. The predicted octanol–water partition coefficient (Wildman–Crippen LogP) is 3.23. The Morgan fingerprint density at radius 2 is 1.65 bits per heavy atom. The van der Waals surface area contributed by atoms with Gasteiger partial charge in [-0.1, -0.05) is 47.6 Å². The van der Waals surface area contributed by atoms with Crippen molar-refractivity contribution in [1.82, 2.24) is 14.9 Å². The van der Waals surface area contributed by atoms with E-state index < -0.39 is 22.1 Å². The van der Waals surface area contributed by atoms with E-state index in [1.807, 2.05) is 0 Å². The number of aromatic nitrogens is 2. The molecule has 0 fully saturated rings. The van der Waals surface area contributed by atoms with Crippen LogP contribution >= 0.6 is 0 Å². The lowest BCUT2D eigenvalue weighted by molar-refractivity contribution is -0.159. The third kappa shape index (κ3) is 4.09. The summed E-state index contributed by atoms with van der Waals surface area (Å²) >= 11 is 0. The number of hydrogen-bond acceptors (Lipinski definition) is 5. The minimum Gasteiger partial charge on any atom is -0.329 e. The van der Waals surface area contributed by atoms with E-state index in [9.17, 15) is 21.6 Å². The molecule has 10 heteroatoms. The molecule has 0 atom stereocenters. The molecule has 0 amide bonds. The molecule has 1 N–H and O–H groups in total. The van der Waals surface area contributed by atoms with E-state index in [1.165, 1.54) is 24.3 Å². The highest BCUT2D eigenvalue weighted by Crippen LogP contribution is 2.29. The van der Waals surface area contributed by atoms with Crippen LogP contribution in [0, 0.1) is 0 Å². The van der Waals surface area contributed by atoms with Gasteiger partial charge in [0.1, 0.15) is 0 Å². The maximum absolute atomic E-state index is 12.5. The molecule has 0 radical (unpaired) electrons. The van der Waals surface area contributed by atoms with Gasteiger partial charge in [-0.15, -0.1) is 0 Å². The number of halogens is 3. The molecule has 0 saturated heterocycles. The van der Waals surface area contributed by atoms with Gasteiger partial charge in [0, 0.05) is 12.1 Å². The normalized spacial score (nSPS) is 12.3. The van der Waals surface area contributed by atoms with Crippen LogP contribution in [-0.2, 0) is 22.7 Å². The first kappa shape index (κ1) is 18.1. The van der Waals surface area contributed by atoms with Gasteiger partial charge in [-0.2, -0.15) is 18.2 Å². The Morgan fingerprint density at radius 1 is 1.00 bits per heavy atom. The van der Waals surface area contributed by atoms with Crippen molar-refractivity contribution in [2.45, 2.75) is 17.6 Å². The molecule has 0 bridgehead atoms. The fourth-order valence-corrected chi connectivity index (χ4v) is 3.13. The Morgan fingerprint density at radius 3 is 2.23 bits per heavy atom. The lowest BCUT2D eigenvalue weighted by Gasteiger charge is -2.07. The van der Waals surface area contributed by atoms with Gasteiger partial charge >= 0.3 is 12.1 Å². The van der Waals surface area contributed by atoms with E-state index in [0.29, 0.717) is 11.1 Å². The summed E-state index contributed by atoms with van der Waals surface area (Å²) in [6.45, 7) is 0.0253. The molecular weight excluding hydrogens is 371 g/mol. The van der Waals surface area contributed by atoms with Crippen molar-refractivity contribution in [3.05, 3.63) is 66.1 Å². The van der Waals surface area contributed by atoms with Crippen LogP contribution in [0.3, 0.4) is 0 Å². The zero-order valence-corrected chi connectivity index (χ0v) is 13.9. The lowest BCUT2D eigenvalue weighted by atomic mass is 10.1. The zero-order valence-electron chi connectivity index (χ0n) is 13.1. The number of rotatable bonds is 5. The van der Waals surface area contributed by atoms with Crippen LogP contribution in [0.1, 0.15) is 11.5 Å². The van der Waals surface area contributed by atoms with Crippen molar-refractivity contribution in [1.29, 1.82) is 0 Å². The van der Waals surface area contributed by atoms with Gasteiger partial charge in [0.15, 0.2) is 0 Å². The third-order valence-corrected chi connectivity index (χ3v) is 4.82. The fourth-order valence-electron chi connectivity index (χ4n) is 2.09. The molecule has 0 aliphatic heterocycles. The van der Waals surface area contributed by atoms with E-state index in [-0.39, 0.29) is 17.3 Å². The SMILES string of the molecule is O=S(=O)(NCc1ccc(-c2noc(C(F)(F)F)n2)cc1)c1ccccc1. The third-order valence-electron chi connectivity index (χ3n) is 3.40. The fraction of sp³-hybridized carbons (Fsp3) is 0.125. The molecule has 3 rings (SSSR count). The summed E-state index contributed by atoms with van der Waals surface area (Å²) in [6, 6.07) is 14.0. The van der Waals surface area contributed by atoms with Gasteiger partial charge in [0.05, 0.1) is 4.90 Å². The van der Waals surface area contributed by atoms with Gasteiger partial charge in [0.25, 0.3) is 0 Å². The van der Waals surface area contributed by atoms with Crippen molar-refractivity contribution >= 4 is 10.0 Å². The highest BCUT2D eigenvalue weighted by Gasteiger charge is 2.38. The molecule has 26 heavy (non-hydrogen) atoms. The topological polar surface area (TPSA) is 85.1 Å². The van der Waals surface area contributed by atoms with Crippen LogP contribution < -0.4 is 4.72 Å². The predicted molar refractivity (Wildman–Crippen MR) is 85.2 cm³/mol. The molecule has 0 unspecified atom stereocenters. The van der Waals surface area contributed by atoms with Gasteiger partial charge in [0.2, 0.25) is 15.8 Å². The number of benzene rings is 2. The summed E-state index contributed by atoms with van der Waals surface area (Å²) in [5, 5.41) is 3.29. The summed E-state index contributed by atoms with van der Waals surface area (Å²) in [5.41, 5.74) is 0.937. The Bertz CT molecular complexity index is 985. The number of hydrogen-bond donors (Lipinski definition) is 1. The van der Waals surface area contributed by atoms with Gasteiger partial charge in [-0.25, -0.2) is 13.1 Å². The lowest BCUT2D eigenvalue weighted by Crippen LogP contribution is -2.23. The summed E-state index contributed by atoms with van der Waals surface area (Å²) in [7, 11) is -3.65. The van der Waals surface area contributed by atoms with Crippen LogP contribution in [0.4, 0.5) is 13.2 Å². The Kier molecular flexibility index (Phi) is 4.79. The molecule has 1 aromatic heterocycles. The van der Waals surface area contributed by atoms with Crippen LogP contribution in [-0.4, -0.2) is 18.6 Å². The maximum Gasteiger partial charge on any atom is 0.471 e. The molecule has 1 heterocycles. The minimum absolute atomic E-state index is 0.0253. The summed E-state index contributed by atoms with van der Waals surface area (Å²) in [5.74, 6) is -1.62. The molecule has 0 aliphatic rings. The van der Waals surface area contributed by atoms with Crippen molar-refractivity contribution in [3.8, 4) is 11.4 Å². The van der Waals surface area contributed by atoms with Gasteiger partial charge in [-0.3, -0.25) is 0 Å². The van der Waals surface area contributed by atoms with E-state index >= 15 is 0 Å². The van der Waals surface area contributed by atoms with E-state index in [1.54, 1.807) is 30.3 Å². The zero-order chi connectivity index (χ0) is 18.8. The number of nitrogens with zero attached hydrogens (tertiary/aromatic N) is 2. The molecule has 136 valence electrons. The van der Waals surface area contributed by atoms with Crippen LogP contribution in [0.2, 0.25) is 0 Å². The summed E-state index contributed by atoms with van der Waals surface area (Å²) < 4.78 is 68.3. The Labute approximate surface area is 146 Å². The smallest absolute Gasteiger partial charge is 0.329 e. The number of alkyl halides is 3. The Hall–Kier alpha value is -2.72. The highest BCUT2D eigenvalue weighted by atomic mass is 32.2. The summed E-state index contributed by atoms with van der Waals surface area (Å²) in [6.07, 6.45) is -4.71. The molecule has 3 aromatic rings. The van der Waals surface area contributed by atoms with E-state index in [4.69, 9.17) is 0 Å². The second kappa shape index (κ2) is 6.89. The van der Waals surface area contributed by atoms with Gasteiger partial charge < -0.3 is 4.52 Å². The monoisotopic (exact) mass is 383 g/mol. The Balaban J connectivity index is 1.69. The second-order valence-corrected chi connectivity index (χ2v) is 7.02. The minimum atomic E-state index is -4.71. The first-order valence-electron chi connectivity index (χ1n) is 7.31. The molecular formula is C16H12F3N3O3S. The quantitative estimate of drug-likeness (QED) is 0.731. The molecule has 0 spiro atoms. The first-order chi connectivity index (χ1) is 12.3. The van der Waals surface area contributed by atoms with Crippen molar-refractivity contribution in [2.24, 2.45) is 0 Å². The van der Waals surface area contributed by atoms with Crippen molar-refractivity contribution in [3.63, 3.8) is 0 Å². The number of sulfonamides is 1. The molecule has 0 aliphatic carbocycles. The van der Waals surface area contributed by atoms with Crippen molar-refractivity contribution < 1.29 is 26.1 Å². The molecule has 6 nitrogen and oxygen atoms in total. The largest absolute Gasteiger partial charge is 0.471 e. The average molecular weight is 383 g/mol. The van der Waals surface area contributed by atoms with Crippen LogP contribution in [0.15, 0.2) is 64.0 Å². The van der Waals surface area contributed by atoms with Crippen LogP contribution in [0.25, 0.3) is 11.4 Å². The first-order valence-corrected chi connectivity index (χ1v) is 8.79. The van der Waals surface area contributed by atoms with Crippen molar-refractivity contribution in [2.75, 3.05) is 0 Å². The number of nitrogens with one attached hydrogen (secondary N) is 1. The summed E-state index contributed by atoms with van der Waals surface area (Å²) in [4.78, 5) is 3.43. The maximum atomic E-state index is 12.5. The van der Waals surface area contributed by atoms with E-state index in [0.717, 1.165) is 0 Å². The van der Waals surface area contributed by atoms with Gasteiger partial charge in [-0.05, 0) is 17.7 Å². The molecule has 0 saturated carbocycles. The second-order valence-electron chi connectivity index (χ2n) is 5.26. The van der Waals surface area contributed by atoms with Crippen LogP contribution in [0.5, 0.6) is 0 Å². The average Bonchev–Trinajstić information content (AvgIpc) is 3.12.